The molecule has 0 unspecified atom stereocenters. The maximum Gasteiger partial charge on any atom is 0.0192 e. The summed E-state index contributed by atoms with van der Waals surface area (Å²) in [6, 6.07) is 6.76. The highest BCUT2D eigenvalue weighted by Gasteiger charge is 2.16. The number of benzene rings is 1. The SMILES string of the molecule is Cc1ccc(C(C)(C)C)cc1-c1cscc1CN. The van der Waals surface area contributed by atoms with Crippen molar-refractivity contribution in [3.05, 3.63) is 45.6 Å². The van der Waals surface area contributed by atoms with Gasteiger partial charge in [0.15, 0.2) is 0 Å². The third-order valence-electron chi connectivity index (χ3n) is 3.36. The van der Waals surface area contributed by atoms with Crippen LogP contribution in [0.4, 0.5) is 0 Å². The first-order valence-electron chi connectivity index (χ1n) is 6.30. The average molecular weight is 259 g/mol. The van der Waals surface area contributed by atoms with Gasteiger partial charge in [-0.25, -0.2) is 0 Å². The van der Waals surface area contributed by atoms with Crippen LogP contribution in [-0.2, 0) is 12.0 Å². The van der Waals surface area contributed by atoms with Gasteiger partial charge in [-0.15, -0.1) is 0 Å². The van der Waals surface area contributed by atoms with E-state index in [0.29, 0.717) is 6.54 Å². The Morgan fingerprint density at radius 2 is 1.83 bits per heavy atom. The Kier molecular flexibility index (Phi) is 3.60. The van der Waals surface area contributed by atoms with Crippen molar-refractivity contribution in [1.82, 2.24) is 0 Å². The quantitative estimate of drug-likeness (QED) is 0.845. The van der Waals surface area contributed by atoms with E-state index >= 15 is 0 Å². The third kappa shape index (κ3) is 2.50. The van der Waals surface area contributed by atoms with Gasteiger partial charge in [-0.3, -0.25) is 0 Å². The van der Waals surface area contributed by atoms with E-state index < -0.39 is 0 Å². The zero-order valence-electron chi connectivity index (χ0n) is 11.6. The van der Waals surface area contributed by atoms with Gasteiger partial charge in [0.1, 0.15) is 0 Å². The summed E-state index contributed by atoms with van der Waals surface area (Å²) >= 11 is 1.73. The first kappa shape index (κ1) is 13.3. The molecule has 0 saturated carbocycles. The predicted molar refractivity (Wildman–Crippen MR) is 81.1 cm³/mol. The molecule has 0 aliphatic heterocycles. The van der Waals surface area contributed by atoms with E-state index in [0.717, 1.165) is 0 Å². The van der Waals surface area contributed by atoms with Crippen LogP contribution in [0.5, 0.6) is 0 Å². The lowest BCUT2D eigenvalue weighted by Gasteiger charge is -2.21. The minimum atomic E-state index is 0.182. The largest absolute Gasteiger partial charge is 0.326 e. The average Bonchev–Trinajstić information content (AvgIpc) is 2.76. The molecule has 1 aromatic heterocycles. The topological polar surface area (TPSA) is 26.0 Å². The summed E-state index contributed by atoms with van der Waals surface area (Å²) in [7, 11) is 0. The second kappa shape index (κ2) is 4.87. The van der Waals surface area contributed by atoms with E-state index in [4.69, 9.17) is 5.73 Å². The summed E-state index contributed by atoms with van der Waals surface area (Å²) in [6.45, 7) is 9.52. The van der Waals surface area contributed by atoms with Crippen LogP contribution >= 0.6 is 11.3 Å². The summed E-state index contributed by atoms with van der Waals surface area (Å²) < 4.78 is 0. The molecule has 0 atom stereocenters. The van der Waals surface area contributed by atoms with E-state index in [1.165, 1.54) is 27.8 Å². The Balaban J connectivity index is 2.57. The Morgan fingerprint density at radius 3 is 2.44 bits per heavy atom. The zero-order valence-corrected chi connectivity index (χ0v) is 12.4. The highest BCUT2D eigenvalue weighted by atomic mass is 32.1. The lowest BCUT2D eigenvalue weighted by molar-refractivity contribution is 0.590. The second-order valence-corrected chi connectivity index (χ2v) is 6.54. The smallest absolute Gasteiger partial charge is 0.0192 e. The fourth-order valence-corrected chi connectivity index (χ4v) is 2.97. The van der Waals surface area contributed by atoms with Gasteiger partial charge >= 0.3 is 0 Å². The molecule has 2 heteroatoms. The first-order chi connectivity index (χ1) is 8.43. The van der Waals surface area contributed by atoms with Gasteiger partial charge < -0.3 is 5.73 Å². The summed E-state index contributed by atoms with van der Waals surface area (Å²) in [4.78, 5) is 0. The molecule has 1 heterocycles. The molecule has 0 amide bonds. The molecule has 0 spiro atoms. The fourth-order valence-electron chi connectivity index (χ4n) is 2.10. The normalized spacial score (nSPS) is 11.8. The molecule has 2 N–H and O–H groups in total. The molecule has 1 aromatic carbocycles. The monoisotopic (exact) mass is 259 g/mol. The van der Waals surface area contributed by atoms with Crippen molar-refractivity contribution >= 4 is 11.3 Å². The summed E-state index contributed by atoms with van der Waals surface area (Å²) in [6.07, 6.45) is 0. The molecule has 0 aliphatic rings. The van der Waals surface area contributed by atoms with Gasteiger partial charge in [-0.2, -0.15) is 11.3 Å². The molecule has 0 fully saturated rings. The highest BCUT2D eigenvalue weighted by molar-refractivity contribution is 7.08. The van der Waals surface area contributed by atoms with E-state index in [1.54, 1.807) is 11.3 Å². The van der Waals surface area contributed by atoms with Crippen LogP contribution < -0.4 is 5.73 Å². The van der Waals surface area contributed by atoms with Gasteiger partial charge in [0.05, 0.1) is 0 Å². The summed E-state index contributed by atoms with van der Waals surface area (Å²) in [5.41, 5.74) is 12.5. The van der Waals surface area contributed by atoms with Crippen LogP contribution in [0.25, 0.3) is 11.1 Å². The van der Waals surface area contributed by atoms with Crippen LogP contribution in [0.1, 0.15) is 37.5 Å². The van der Waals surface area contributed by atoms with E-state index in [1.807, 2.05) is 0 Å². The van der Waals surface area contributed by atoms with Crippen LogP contribution in [-0.4, -0.2) is 0 Å². The molecule has 96 valence electrons. The third-order valence-corrected chi connectivity index (χ3v) is 4.15. The first-order valence-corrected chi connectivity index (χ1v) is 7.24. The van der Waals surface area contributed by atoms with Crippen molar-refractivity contribution < 1.29 is 0 Å². The standard InChI is InChI=1S/C16H21NS/c1-11-5-6-13(16(2,3)4)7-14(11)15-10-18-9-12(15)8-17/h5-7,9-10H,8,17H2,1-4H3. The van der Waals surface area contributed by atoms with E-state index in [-0.39, 0.29) is 5.41 Å². The van der Waals surface area contributed by atoms with E-state index in [2.05, 4.69) is 56.7 Å². The fraction of sp³-hybridized carbons (Fsp3) is 0.375. The van der Waals surface area contributed by atoms with Gasteiger partial charge in [0, 0.05) is 6.54 Å². The Morgan fingerprint density at radius 1 is 1.11 bits per heavy atom. The predicted octanol–water partition coefficient (Wildman–Crippen LogP) is 4.48. The van der Waals surface area contributed by atoms with Crippen LogP contribution in [0.2, 0.25) is 0 Å². The van der Waals surface area contributed by atoms with Gasteiger partial charge in [0.25, 0.3) is 0 Å². The van der Waals surface area contributed by atoms with Crippen molar-refractivity contribution in [1.29, 1.82) is 0 Å². The van der Waals surface area contributed by atoms with Crippen LogP contribution in [0.15, 0.2) is 29.0 Å². The zero-order chi connectivity index (χ0) is 13.3. The maximum absolute atomic E-state index is 5.81. The summed E-state index contributed by atoms with van der Waals surface area (Å²) in [5, 5.41) is 4.36. The summed E-state index contributed by atoms with van der Waals surface area (Å²) in [5.74, 6) is 0. The molecule has 1 nitrogen and oxygen atoms in total. The maximum atomic E-state index is 5.81. The van der Waals surface area contributed by atoms with Crippen LogP contribution in [0.3, 0.4) is 0 Å². The molecular weight excluding hydrogens is 238 g/mol. The Labute approximate surface area is 114 Å². The number of nitrogens with two attached hydrogens (primary N) is 1. The number of hydrogen-bond donors (Lipinski definition) is 1. The Hall–Kier alpha value is -1.12. The van der Waals surface area contributed by atoms with Crippen molar-refractivity contribution in [2.75, 3.05) is 0 Å². The lowest BCUT2D eigenvalue weighted by Crippen LogP contribution is -2.11. The van der Waals surface area contributed by atoms with E-state index in [9.17, 15) is 0 Å². The molecule has 0 radical (unpaired) electrons. The van der Waals surface area contributed by atoms with Gasteiger partial charge in [-0.05, 0) is 50.9 Å². The minimum Gasteiger partial charge on any atom is -0.326 e. The molecule has 0 aliphatic carbocycles. The van der Waals surface area contributed by atoms with Crippen molar-refractivity contribution in [3.63, 3.8) is 0 Å². The number of rotatable bonds is 2. The number of hydrogen-bond acceptors (Lipinski definition) is 2. The Bertz CT molecular complexity index is 546. The minimum absolute atomic E-state index is 0.182. The number of thiophene rings is 1. The van der Waals surface area contributed by atoms with Crippen molar-refractivity contribution in [2.45, 2.75) is 39.7 Å². The van der Waals surface area contributed by atoms with Gasteiger partial charge in [-0.1, -0.05) is 39.0 Å². The van der Waals surface area contributed by atoms with Crippen molar-refractivity contribution in [2.24, 2.45) is 5.73 Å². The lowest BCUT2D eigenvalue weighted by atomic mass is 9.84. The second-order valence-electron chi connectivity index (χ2n) is 5.79. The molecule has 2 rings (SSSR count). The number of aryl methyl sites for hydroxylation is 1. The van der Waals surface area contributed by atoms with Gasteiger partial charge in [0.2, 0.25) is 0 Å². The molecule has 0 bridgehead atoms. The molecule has 18 heavy (non-hydrogen) atoms. The molecular formula is C16H21NS. The molecule has 0 saturated heterocycles. The van der Waals surface area contributed by atoms with Crippen molar-refractivity contribution in [3.8, 4) is 11.1 Å². The molecule has 2 aromatic rings. The van der Waals surface area contributed by atoms with Crippen LogP contribution in [0, 0.1) is 6.92 Å². The highest BCUT2D eigenvalue weighted by Crippen LogP contribution is 2.33.